The molecule has 0 amide bonds. The molecule has 1 aliphatic rings. The van der Waals surface area contributed by atoms with Crippen LogP contribution in [0.15, 0.2) is 42.9 Å². The van der Waals surface area contributed by atoms with Gasteiger partial charge in [-0.3, -0.25) is 0 Å². The first-order chi connectivity index (χ1) is 15.8. The number of nitrogens with one attached hydrogen (secondary N) is 1. The molecule has 1 saturated heterocycles. The number of hydrogen-bond acceptors (Lipinski definition) is 9. The average molecular weight is 450 g/mol. The molecule has 0 aliphatic carbocycles. The molecular formula is C23H26N6O4. The van der Waals surface area contributed by atoms with Crippen LogP contribution in [0, 0.1) is 6.92 Å². The number of aliphatic hydroxyl groups excluding tert-OH is 2. The highest BCUT2D eigenvalue weighted by Crippen LogP contribution is 2.39. The van der Waals surface area contributed by atoms with E-state index in [4.69, 9.17) is 15.2 Å². The lowest BCUT2D eigenvalue weighted by atomic mass is 10.0. The minimum absolute atomic E-state index is 0.0420. The standard InChI is InChI=1S/C23H26N6O4/c1-12-9-29(22-18(12)21(24)26-11-27-22)23(2)20(31)19(30)16(33-23)10-32-14-6-4-13-5-7-17(25-3)28-15(13)8-14/h4-9,11,16,19-20,30-31H,10H2,1-3H3,(H,25,28)(H2,24,26,27)/t16-,19-,20-,23-/m1/s1. The lowest BCUT2D eigenvalue weighted by Gasteiger charge is -2.30. The summed E-state index contributed by atoms with van der Waals surface area (Å²) in [5.41, 5.74) is 6.91. The van der Waals surface area contributed by atoms with Crippen LogP contribution in [0.25, 0.3) is 21.9 Å². The van der Waals surface area contributed by atoms with Crippen molar-refractivity contribution >= 4 is 33.6 Å². The lowest BCUT2D eigenvalue weighted by Crippen LogP contribution is -2.43. The summed E-state index contributed by atoms with van der Waals surface area (Å²) in [6.07, 6.45) is 0.00982. The fourth-order valence-electron chi connectivity index (χ4n) is 4.41. The zero-order valence-electron chi connectivity index (χ0n) is 18.6. The van der Waals surface area contributed by atoms with Crippen LogP contribution in [0.1, 0.15) is 12.5 Å². The van der Waals surface area contributed by atoms with Crippen LogP contribution in [-0.2, 0) is 10.5 Å². The van der Waals surface area contributed by atoms with Gasteiger partial charge in [0.25, 0.3) is 0 Å². The van der Waals surface area contributed by atoms with Gasteiger partial charge < -0.3 is 35.3 Å². The Labute approximate surface area is 190 Å². The lowest BCUT2D eigenvalue weighted by molar-refractivity contribution is -0.130. The van der Waals surface area contributed by atoms with Crippen molar-refractivity contribution in [1.29, 1.82) is 0 Å². The molecule has 0 bridgehead atoms. The summed E-state index contributed by atoms with van der Waals surface area (Å²) in [7, 11) is 1.81. The summed E-state index contributed by atoms with van der Waals surface area (Å²) in [6.45, 7) is 3.63. The van der Waals surface area contributed by atoms with Crippen molar-refractivity contribution in [2.75, 3.05) is 24.7 Å². The fourth-order valence-corrected chi connectivity index (χ4v) is 4.41. The number of aromatic nitrogens is 4. The normalized spacial score (nSPS) is 25.1. The van der Waals surface area contributed by atoms with E-state index in [1.165, 1.54) is 6.33 Å². The van der Waals surface area contributed by atoms with Gasteiger partial charge >= 0.3 is 0 Å². The number of ether oxygens (including phenoxy) is 2. The number of fused-ring (bicyclic) bond motifs is 2. The van der Waals surface area contributed by atoms with Gasteiger partial charge in [0.05, 0.1) is 10.9 Å². The zero-order chi connectivity index (χ0) is 23.3. The highest BCUT2D eigenvalue weighted by Gasteiger charge is 2.53. The maximum absolute atomic E-state index is 10.9. The smallest absolute Gasteiger partial charge is 0.172 e. The van der Waals surface area contributed by atoms with Crippen LogP contribution < -0.4 is 15.8 Å². The van der Waals surface area contributed by atoms with Crippen molar-refractivity contribution in [2.24, 2.45) is 0 Å². The van der Waals surface area contributed by atoms with Crippen molar-refractivity contribution in [1.82, 2.24) is 19.5 Å². The van der Waals surface area contributed by atoms with Crippen LogP contribution in [0.2, 0.25) is 0 Å². The second kappa shape index (κ2) is 7.84. The Morgan fingerprint density at radius 3 is 2.82 bits per heavy atom. The van der Waals surface area contributed by atoms with Gasteiger partial charge in [-0.15, -0.1) is 0 Å². The molecule has 1 fully saturated rings. The monoisotopic (exact) mass is 450 g/mol. The summed E-state index contributed by atoms with van der Waals surface area (Å²) in [5.74, 6) is 1.69. The Bertz CT molecular complexity index is 1340. The minimum atomic E-state index is -1.27. The maximum Gasteiger partial charge on any atom is 0.172 e. The molecule has 5 rings (SSSR count). The molecule has 3 aromatic heterocycles. The Morgan fingerprint density at radius 2 is 2.03 bits per heavy atom. The second-order valence-electron chi connectivity index (χ2n) is 8.40. The molecule has 4 atom stereocenters. The number of aliphatic hydroxyl groups is 2. The summed E-state index contributed by atoms with van der Waals surface area (Å²) < 4.78 is 13.8. The first kappa shape index (κ1) is 21.4. The highest BCUT2D eigenvalue weighted by atomic mass is 16.6. The molecule has 0 saturated carbocycles. The van der Waals surface area contributed by atoms with Crippen molar-refractivity contribution in [3.05, 3.63) is 48.4 Å². The van der Waals surface area contributed by atoms with Crippen LogP contribution in [0.5, 0.6) is 5.75 Å². The molecule has 0 unspecified atom stereocenters. The van der Waals surface area contributed by atoms with Gasteiger partial charge in [-0.25, -0.2) is 15.0 Å². The van der Waals surface area contributed by atoms with Crippen molar-refractivity contribution in [2.45, 2.75) is 37.9 Å². The van der Waals surface area contributed by atoms with Crippen LogP contribution >= 0.6 is 0 Å². The van der Waals surface area contributed by atoms with Crippen molar-refractivity contribution in [3.8, 4) is 5.75 Å². The number of pyridine rings is 1. The molecule has 33 heavy (non-hydrogen) atoms. The molecule has 4 heterocycles. The molecule has 5 N–H and O–H groups in total. The second-order valence-corrected chi connectivity index (χ2v) is 8.40. The first-order valence-corrected chi connectivity index (χ1v) is 10.7. The van der Waals surface area contributed by atoms with E-state index in [-0.39, 0.29) is 6.61 Å². The Balaban J connectivity index is 1.39. The summed E-state index contributed by atoms with van der Waals surface area (Å²) in [6, 6.07) is 9.46. The number of anilines is 2. The quantitative estimate of drug-likeness (QED) is 0.358. The molecule has 4 aromatic rings. The third-order valence-electron chi connectivity index (χ3n) is 6.26. The number of nitrogens with two attached hydrogens (primary N) is 1. The van der Waals surface area contributed by atoms with Gasteiger partial charge in [0.2, 0.25) is 0 Å². The van der Waals surface area contributed by atoms with E-state index in [1.54, 1.807) is 17.7 Å². The van der Waals surface area contributed by atoms with E-state index in [2.05, 4.69) is 20.3 Å². The van der Waals surface area contributed by atoms with Gasteiger partial charge in [0.1, 0.15) is 54.3 Å². The van der Waals surface area contributed by atoms with E-state index in [9.17, 15) is 10.2 Å². The molecule has 172 valence electrons. The maximum atomic E-state index is 10.9. The highest BCUT2D eigenvalue weighted by molar-refractivity contribution is 5.89. The summed E-state index contributed by atoms with van der Waals surface area (Å²) in [4.78, 5) is 12.9. The van der Waals surface area contributed by atoms with Gasteiger partial charge in [-0.2, -0.15) is 0 Å². The van der Waals surface area contributed by atoms with Gasteiger partial charge in [-0.1, -0.05) is 0 Å². The zero-order valence-corrected chi connectivity index (χ0v) is 18.6. The number of nitrogens with zero attached hydrogens (tertiary/aromatic N) is 4. The third-order valence-corrected chi connectivity index (χ3v) is 6.26. The van der Waals surface area contributed by atoms with Gasteiger partial charge in [-0.05, 0) is 43.7 Å². The van der Waals surface area contributed by atoms with E-state index < -0.39 is 24.0 Å². The number of aryl methyl sites for hydroxylation is 1. The molecular weight excluding hydrogens is 424 g/mol. The third kappa shape index (κ3) is 3.43. The van der Waals surface area contributed by atoms with Crippen LogP contribution in [0.3, 0.4) is 0 Å². The summed E-state index contributed by atoms with van der Waals surface area (Å²) in [5, 5.41) is 26.4. The largest absolute Gasteiger partial charge is 0.491 e. The molecule has 1 aliphatic heterocycles. The number of benzene rings is 1. The Kier molecular flexibility index (Phi) is 5.08. The molecule has 1 aromatic carbocycles. The van der Waals surface area contributed by atoms with Gasteiger partial charge in [0.15, 0.2) is 5.72 Å². The molecule has 10 heteroatoms. The predicted octanol–water partition coefficient (Wildman–Crippen LogP) is 1.78. The first-order valence-electron chi connectivity index (χ1n) is 10.7. The fraction of sp³-hybridized carbons (Fsp3) is 0.348. The molecule has 0 spiro atoms. The minimum Gasteiger partial charge on any atom is -0.491 e. The Morgan fingerprint density at radius 1 is 1.24 bits per heavy atom. The average Bonchev–Trinajstić information content (AvgIpc) is 3.28. The summed E-state index contributed by atoms with van der Waals surface area (Å²) >= 11 is 0. The SMILES string of the molecule is CNc1ccc2ccc(OC[C@H]3O[C@@](C)(n4cc(C)c5c(N)ncnc54)[C@H](O)[C@@H]3O)cc2n1. The van der Waals surface area contributed by atoms with Crippen LogP contribution in [0.4, 0.5) is 11.6 Å². The van der Waals surface area contributed by atoms with Crippen molar-refractivity contribution in [3.63, 3.8) is 0 Å². The van der Waals surface area contributed by atoms with E-state index in [0.717, 1.165) is 22.3 Å². The Hall–Kier alpha value is -3.47. The number of hydrogen-bond donors (Lipinski definition) is 4. The number of nitrogen functional groups attached to an aromatic ring is 1. The van der Waals surface area contributed by atoms with E-state index in [0.29, 0.717) is 22.6 Å². The van der Waals surface area contributed by atoms with Crippen LogP contribution in [-0.4, -0.2) is 61.7 Å². The van der Waals surface area contributed by atoms with Crippen molar-refractivity contribution < 1.29 is 19.7 Å². The molecule has 0 radical (unpaired) electrons. The predicted molar refractivity (Wildman–Crippen MR) is 124 cm³/mol. The van der Waals surface area contributed by atoms with E-state index >= 15 is 0 Å². The molecule has 10 nitrogen and oxygen atoms in total. The van der Waals surface area contributed by atoms with Gasteiger partial charge in [0, 0.05) is 24.7 Å². The van der Waals surface area contributed by atoms with E-state index in [1.807, 2.05) is 44.3 Å². The topological polar surface area (TPSA) is 141 Å². The number of rotatable bonds is 5.